The molecule has 0 heterocycles. The third-order valence-electron chi connectivity index (χ3n) is 3.45. The maximum absolute atomic E-state index is 11.1. The zero-order valence-corrected chi connectivity index (χ0v) is 28.8. The molecule has 1 fully saturated rings. The maximum atomic E-state index is 11.1. The smallest absolute Gasteiger partial charge is 0.790 e. The summed E-state index contributed by atoms with van der Waals surface area (Å²) in [6.07, 6.45) is -21.5. The van der Waals surface area contributed by atoms with E-state index in [4.69, 9.17) is 0 Å². The first-order valence-electron chi connectivity index (χ1n) is 7.80. The molecule has 0 unspecified atom stereocenters. The van der Waals surface area contributed by atoms with Crippen molar-refractivity contribution < 1.29 is 216 Å². The normalized spacial score (nSPS) is 25.1. The van der Waals surface area contributed by atoms with Gasteiger partial charge in [-0.15, -0.1) is 0 Å². The second-order valence-electron chi connectivity index (χ2n) is 6.10. The van der Waals surface area contributed by atoms with E-state index in [1.54, 1.807) is 0 Å². The summed E-state index contributed by atoms with van der Waals surface area (Å²) in [6.45, 7) is 0. The third-order valence-corrected chi connectivity index (χ3v) is 6.46. The van der Waals surface area contributed by atoms with Crippen molar-refractivity contribution in [2.24, 2.45) is 0 Å². The fourth-order valence-corrected chi connectivity index (χ4v) is 5.96. The minimum atomic E-state index is -6.68. The molecule has 0 N–H and O–H groups in total. The van der Waals surface area contributed by atoms with Gasteiger partial charge in [0.25, 0.3) is 0 Å². The average Bonchev–Trinajstić information content (AvgIpc) is 2.51. The first kappa shape index (κ1) is 58.0. The second-order valence-corrected chi connectivity index (χ2v) is 12.7. The molecule has 0 aromatic carbocycles. The summed E-state index contributed by atoms with van der Waals surface area (Å²) in [7, 11) is -40.1. The van der Waals surface area contributed by atoms with Crippen molar-refractivity contribution in [3.05, 3.63) is 0 Å². The Bertz CT molecular complexity index is 843. The Kier molecular flexibility index (Phi) is 29.1. The van der Waals surface area contributed by atoms with Gasteiger partial charge in [-0.25, -0.2) is 0 Å². The Hall–Kier alpha value is 3.78. The fourth-order valence-electron chi connectivity index (χ4n) is 2.74. The Morgan fingerprint density at radius 2 is 0.333 bits per heavy atom. The molecule has 0 saturated heterocycles. The molecule has 1 saturated carbocycles. The van der Waals surface area contributed by atoms with Crippen molar-refractivity contribution in [2.45, 2.75) is 36.6 Å². The van der Waals surface area contributed by atoms with Crippen LogP contribution in [0, 0.1) is 0 Å². The molecule has 6 radical (unpaired) electrons. The molecule has 0 atom stereocenters. The molecule has 0 aromatic rings. The van der Waals surface area contributed by atoms with Gasteiger partial charge in [0, 0.05) is 0 Å². The topological polar surface area (TPSA) is 435 Å². The molecule has 0 spiro atoms. The van der Waals surface area contributed by atoms with Crippen LogP contribution in [0.25, 0.3) is 0 Å². The molecule has 1 aliphatic rings. The minimum absolute atomic E-state index is 0. The van der Waals surface area contributed by atoms with Crippen LogP contribution >= 0.6 is 46.9 Å². The summed E-state index contributed by atoms with van der Waals surface area (Å²) in [4.78, 5) is 133. The Labute approximate surface area is 297 Å². The van der Waals surface area contributed by atoms with Crippen molar-refractivity contribution in [1.29, 1.82) is 0 Å². The monoisotopic (exact) mass is 1030 g/mol. The largest absolute Gasteiger partial charge is 2.00 e. The predicted molar refractivity (Wildman–Crippen MR) is 74.9 cm³/mol. The number of hydrogen-bond acceptors (Lipinski definition) is 24. The number of phosphoric ester groups is 6. The van der Waals surface area contributed by atoms with Gasteiger partial charge in [0.05, 0.1) is 46.9 Å². The summed E-state index contributed by atoms with van der Waals surface area (Å²) < 4.78 is 88.3. The van der Waals surface area contributed by atoms with Crippen LogP contribution in [-0.4, -0.2) is 36.6 Å². The molecule has 1 rings (SSSR count). The van der Waals surface area contributed by atoms with E-state index in [-0.39, 0.29) is 102 Å². The maximum Gasteiger partial charge on any atom is 2.00 e. The fraction of sp³-hybridized carbons (Fsp3) is 1.00. The summed E-state index contributed by atoms with van der Waals surface area (Å²) in [5.41, 5.74) is 0. The van der Waals surface area contributed by atoms with Crippen LogP contribution in [-0.2, 0) is 157 Å². The van der Waals surface area contributed by atoms with E-state index < -0.39 is 83.6 Å². The third kappa shape index (κ3) is 24.0. The van der Waals surface area contributed by atoms with Crippen LogP contribution in [0.15, 0.2) is 0 Å². The zero-order valence-electron chi connectivity index (χ0n) is 17.8. The second kappa shape index (κ2) is 21.1. The van der Waals surface area contributed by atoms with Crippen molar-refractivity contribution in [2.75, 3.05) is 0 Å². The molecule has 0 amide bonds. The van der Waals surface area contributed by atoms with Crippen LogP contribution in [0.3, 0.4) is 0 Å². The Morgan fingerprint density at radius 3 is 0.381 bits per heavy atom. The molecule has 1 aliphatic carbocycles. The van der Waals surface area contributed by atoms with E-state index in [0.717, 1.165) is 0 Å². The van der Waals surface area contributed by atoms with Gasteiger partial charge >= 0.3 is 102 Å². The number of hydrogen-bond donors (Lipinski definition) is 0. The van der Waals surface area contributed by atoms with Crippen molar-refractivity contribution in [3.63, 3.8) is 0 Å². The molecule has 0 bridgehead atoms. The van der Waals surface area contributed by atoms with Gasteiger partial charge in [0.1, 0.15) is 36.6 Å². The van der Waals surface area contributed by atoms with Gasteiger partial charge in [-0.1, -0.05) is 0 Å². The standard InChI is InChI=1S/C6H18O24P6.6Cu/c7-31(8,9)25-1-2(26-32(10,11)12)4(28-34(16,17)18)6(30-36(22,23)24)5(29-35(19,20)21)3(1)27-33(13,14)15;;;;;;/h1-6H,(H2,7,8,9)(H2,10,11,12)(H2,13,14,15)(H2,16,17,18)(H2,19,20,21)(H2,22,23,24);;;;;;/q;6*+2/p-12/t1-,2-,3-,4+,5-,6-;;;;;;. The van der Waals surface area contributed by atoms with E-state index in [0.29, 0.717) is 0 Å². The van der Waals surface area contributed by atoms with Gasteiger partial charge in [-0.3, -0.25) is 0 Å². The minimum Gasteiger partial charge on any atom is -0.790 e. The quantitative estimate of drug-likeness (QED) is 0.129. The summed E-state index contributed by atoms with van der Waals surface area (Å²) in [5.74, 6) is 0. The van der Waals surface area contributed by atoms with E-state index in [2.05, 4.69) is 27.1 Å². The average molecular weight is 1030 g/mol. The molecular formula is C6H6Cu6O24P6. The summed E-state index contributed by atoms with van der Waals surface area (Å²) in [6, 6.07) is 0. The van der Waals surface area contributed by atoms with E-state index >= 15 is 0 Å². The molecule has 24 nitrogen and oxygen atoms in total. The summed E-state index contributed by atoms with van der Waals surface area (Å²) >= 11 is 0. The Balaban J connectivity index is -0.000000540. The molecule has 0 aliphatic heterocycles. The van der Waals surface area contributed by atoms with E-state index in [1.165, 1.54) is 0 Å². The van der Waals surface area contributed by atoms with Gasteiger partial charge in [-0.2, -0.15) is 0 Å². The Morgan fingerprint density at radius 1 is 0.262 bits per heavy atom. The van der Waals surface area contributed by atoms with Gasteiger partial charge < -0.3 is 113 Å². The predicted octanol–water partition coefficient (Wildman–Crippen LogP) is -10.7. The zero-order chi connectivity index (χ0) is 28.7. The van der Waals surface area contributed by atoms with Crippen molar-refractivity contribution in [1.82, 2.24) is 0 Å². The molecular weight excluding hydrogens is 1020 g/mol. The van der Waals surface area contributed by atoms with Crippen LogP contribution < -0.4 is 58.7 Å². The van der Waals surface area contributed by atoms with Crippen molar-refractivity contribution in [3.8, 4) is 0 Å². The number of phosphoric acid groups is 6. The summed E-state index contributed by atoms with van der Waals surface area (Å²) in [5, 5.41) is 0. The van der Waals surface area contributed by atoms with E-state index in [9.17, 15) is 86.1 Å². The van der Waals surface area contributed by atoms with Crippen molar-refractivity contribution >= 4 is 46.9 Å². The number of rotatable bonds is 12. The van der Waals surface area contributed by atoms with E-state index in [1.807, 2.05) is 0 Å². The molecule has 42 heavy (non-hydrogen) atoms. The first-order valence-corrected chi connectivity index (χ1v) is 16.6. The first-order chi connectivity index (χ1) is 15.6. The van der Waals surface area contributed by atoms with Crippen LogP contribution in [0.1, 0.15) is 0 Å². The van der Waals surface area contributed by atoms with Crippen LogP contribution in [0.4, 0.5) is 0 Å². The van der Waals surface area contributed by atoms with Gasteiger partial charge in [0.15, 0.2) is 0 Å². The van der Waals surface area contributed by atoms with Crippen LogP contribution in [0.2, 0.25) is 0 Å². The molecule has 270 valence electrons. The van der Waals surface area contributed by atoms with Gasteiger partial charge in [0.2, 0.25) is 0 Å². The molecule has 36 heteroatoms. The van der Waals surface area contributed by atoms with Gasteiger partial charge in [-0.05, 0) is 0 Å². The molecule has 0 aromatic heterocycles. The van der Waals surface area contributed by atoms with Crippen LogP contribution in [0.5, 0.6) is 0 Å². The SMILES string of the molecule is O=P([O-])([O-])O[C@H]1[C@H](OP(=O)([O-])[O-])[C@@H](OP(=O)([O-])[O-])[C@H](OP(=O)([O-])[O-])[C@@H](OP(=O)([O-])[O-])[C@H]1OP(=O)([O-])[O-].[Cu+2].[Cu+2].[Cu+2].[Cu+2].[Cu+2].[Cu+2].